The van der Waals surface area contributed by atoms with Crippen molar-refractivity contribution in [1.29, 1.82) is 0 Å². The van der Waals surface area contributed by atoms with E-state index in [-0.39, 0.29) is 28.9 Å². The first-order valence-corrected chi connectivity index (χ1v) is 11.5. The summed E-state index contributed by atoms with van der Waals surface area (Å²) in [4.78, 5) is 15.2. The summed E-state index contributed by atoms with van der Waals surface area (Å²) in [7, 11) is 0. The van der Waals surface area contributed by atoms with Gasteiger partial charge in [0.2, 0.25) is 5.91 Å². The van der Waals surface area contributed by atoms with Crippen LogP contribution in [0.4, 0.5) is 8.78 Å². The molecule has 2 aromatic rings. The van der Waals surface area contributed by atoms with E-state index in [0.717, 1.165) is 62.9 Å². The first kappa shape index (κ1) is 23.4. The second kappa shape index (κ2) is 10.9. The van der Waals surface area contributed by atoms with Crippen molar-refractivity contribution >= 4 is 5.91 Å². The number of benzene rings is 2. The Kier molecular flexibility index (Phi) is 8.19. The van der Waals surface area contributed by atoms with E-state index >= 15 is 0 Å². The second-order valence-electron chi connectivity index (χ2n) is 8.70. The van der Waals surface area contributed by atoms with Crippen LogP contribution >= 0.6 is 0 Å². The lowest BCUT2D eigenvalue weighted by molar-refractivity contribution is -0.126. The number of piperidine rings is 1. The molecule has 5 heteroatoms. The molecular weight excluding hydrogens is 394 g/mol. The fraction of sp³-hybridized carbons (Fsp3) is 0.500. The molecule has 1 N–H and O–H groups in total. The lowest BCUT2D eigenvalue weighted by Gasteiger charge is -2.35. The average Bonchev–Trinajstić information content (AvgIpc) is 2.81. The lowest BCUT2D eigenvalue weighted by Crippen LogP contribution is -2.45. The van der Waals surface area contributed by atoms with Crippen LogP contribution in [0.1, 0.15) is 50.7 Å². The molecule has 3 rings (SSSR count). The Labute approximate surface area is 184 Å². The number of rotatable bonds is 9. The van der Waals surface area contributed by atoms with Gasteiger partial charge in [-0.3, -0.25) is 4.79 Å². The number of amides is 1. The molecule has 0 aromatic heterocycles. The van der Waals surface area contributed by atoms with Crippen LogP contribution in [0.15, 0.2) is 48.5 Å². The van der Waals surface area contributed by atoms with Crippen molar-refractivity contribution in [2.24, 2.45) is 5.92 Å². The Morgan fingerprint density at radius 1 is 0.968 bits per heavy atom. The quantitative estimate of drug-likeness (QED) is 0.603. The zero-order valence-corrected chi connectivity index (χ0v) is 18.7. The van der Waals surface area contributed by atoms with Crippen LogP contribution in [0.25, 0.3) is 0 Å². The summed E-state index contributed by atoms with van der Waals surface area (Å²) in [5.41, 5.74) is 2.05. The number of nitrogens with one attached hydrogen (secondary N) is 1. The predicted octanol–water partition coefficient (Wildman–Crippen LogP) is 5.09. The van der Waals surface area contributed by atoms with Crippen LogP contribution in [-0.4, -0.2) is 37.0 Å². The van der Waals surface area contributed by atoms with Gasteiger partial charge in [0.15, 0.2) is 0 Å². The summed E-state index contributed by atoms with van der Waals surface area (Å²) in [6.07, 6.45) is 4.38. The van der Waals surface area contributed by atoms with Crippen molar-refractivity contribution < 1.29 is 13.6 Å². The molecule has 2 aromatic carbocycles. The zero-order chi connectivity index (χ0) is 22.3. The van der Waals surface area contributed by atoms with Gasteiger partial charge in [-0.05, 0) is 80.6 Å². The van der Waals surface area contributed by atoms with Gasteiger partial charge in [-0.1, -0.05) is 38.1 Å². The van der Waals surface area contributed by atoms with Crippen molar-refractivity contribution in [2.45, 2.75) is 51.4 Å². The van der Waals surface area contributed by atoms with E-state index in [1.165, 1.54) is 24.3 Å². The molecular formula is C26H34F2N2O. The van der Waals surface area contributed by atoms with Crippen LogP contribution in [0.3, 0.4) is 0 Å². The number of halogens is 2. The number of likely N-dealkylation sites (tertiary alicyclic amines) is 1. The Hall–Kier alpha value is -2.27. The third kappa shape index (κ3) is 6.13. The molecule has 168 valence electrons. The summed E-state index contributed by atoms with van der Waals surface area (Å²) >= 11 is 0. The Balaban J connectivity index is 1.47. The largest absolute Gasteiger partial charge is 0.355 e. The van der Waals surface area contributed by atoms with E-state index in [2.05, 4.69) is 24.1 Å². The smallest absolute Gasteiger partial charge is 0.223 e. The highest BCUT2D eigenvalue weighted by atomic mass is 19.1. The molecule has 0 unspecified atom stereocenters. The van der Waals surface area contributed by atoms with E-state index in [0.29, 0.717) is 6.54 Å². The third-order valence-electron chi connectivity index (χ3n) is 7.00. The zero-order valence-electron chi connectivity index (χ0n) is 18.7. The summed E-state index contributed by atoms with van der Waals surface area (Å²) < 4.78 is 26.4. The maximum Gasteiger partial charge on any atom is 0.223 e. The highest BCUT2D eigenvalue weighted by Crippen LogP contribution is 2.31. The molecule has 1 aliphatic rings. The summed E-state index contributed by atoms with van der Waals surface area (Å²) in [6.45, 7) is 7.57. The van der Waals surface area contributed by atoms with Gasteiger partial charge >= 0.3 is 0 Å². The number of hydrogen-bond donors (Lipinski definition) is 1. The minimum absolute atomic E-state index is 0.0432. The number of nitrogens with zero attached hydrogens (tertiary/aromatic N) is 1. The van der Waals surface area contributed by atoms with Crippen molar-refractivity contribution in [3.8, 4) is 0 Å². The molecule has 0 bridgehead atoms. The topological polar surface area (TPSA) is 32.3 Å². The molecule has 1 saturated heterocycles. The monoisotopic (exact) mass is 428 g/mol. The van der Waals surface area contributed by atoms with Crippen LogP contribution < -0.4 is 5.32 Å². The van der Waals surface area contributed by atoms with Gasteiger partial charge in [0.05, 0.1) is 0 Å². The van der Waals surface area contributed by atoms with Gasteiger partial charge in [0, 0.05) is 24.4 Å². The highest BCUT2D eigenvalue weighted by Gasteiger charge is 2.31. The molecule has 1 amide bonds. The standard InChI is InChI=1S/C26H34F2N2O/c1-3-26(4-2,22-7-11-24(28)12-8-22)19-29-25(31)21-14-17-30(18-15-21)16-13-20-5-9-23(27)10-6-20/h5-12,21H,3-4,13-19H2,1-2H3,(H,29,31). The van der Waals surface area contributed by atoms with Crippen LogP contribution in [0.5, 0.6) is 0 Å². The van der Waals surface area contributed by atoms with E-state index in [4.69, 9.17) is 0 Å². The molecule has 1 fully saturated rings. The Bertz CT molecular complexity index is 823. The molecule has 0 saturated carbocycles. The van der Waals surface area contributed by atoms with Gasteiger partial charge in [0.25, 0.3) is 0 Å². The molecule has 0 spiro atoms. The lowest BCUT2D eigenvalue weighted by atomic mass is 9.75. The van der Waals surface area contributed by atoms with Crippen molar-refractivity contribution in [3.63, 3.8) is 0 Å². The first-order valence-electron chi connectivity index (χ1n) is 11.5. The number of carbonyl (C=O) groups excluding carboxylic acids is 1. The van der Waals surface area contributed by atoms with Crippen LogP contribution in [-0.2, 0) is 16.6 Å². The molecule has 1 heterocycles. The van der Waals surface area contributed by atoms with Crippen molar-refractivity contribution in [3.05, 3.63) is 71.3 Å². The van der Waals surface area contributed by atoms with Gasteiger partial charge in [-0.2, -0.15) is 0 Å². The maximum atomic E-state index is 13.3. The fourth-order valence-electron chi connectivity index (χ4n) is 4.57. The molecule has 3 nitrogen and oxygen atoms in total. The Morgan fingerprint density at radius 3 is 2.06 bits per heavy atom. The SMILES string of the molecule is CCC(CC)(CNC(=O)C1CCN(CCc2ccc(F)cc2)CC1)c1ccc(F)cc1. The highest BCUT2D eigenvalue weighted by molar-refractivity contribution is 5.78. The van der Waals surface area contributed by atoms with Crippen molar-refractivity contribution in [1.82, 2.24) is 10.2 Å². The fourth-order valence-corrected chi connectivity index (χ4v) is 4.57. The Morgan fingerprint density at radius 2 is 1.52 bits per heavy atom. The van der Waals surface area contributed by atoms with Crippen LogP contribution in [0, 0.1) is 17.6 Å². The molecule has 0 atom stereocenters. The molecule has 31 heavy (non-hydrogen) atoms. The molecule has 1 aliphatic heterocycles. The van der Waals surface area contributed by atoms with Gasteiger partial charge in [-0.25, -0.2) is 8.78 Å². The molecule has 0 aliphatic carbocycles. The predicted molar refractivity (Wildman–Crippen MR) is 121 cm³/mol. The van der Waals surface area contributed by atoms with Crippen molar-refractivity contribution in [2.75, 3.05) is 26.2 Å². The number of hydrogen-bond acceptors (Lipinski definition) is 2. The summed E-state index contributed by atoms with van der Waals surface area (Å²) in [6, 6.07) is 13.4. The first-order chi connectivity index (χ1) is 15.0. The minimum atomic E-state index is -0.236. The van der Waals surface area contributed by atoms with E-state index in [1.807, 2.05) is 24.3 Å². The average molecular weight is 429 g/mol. The van der Waals surface area contributed by atoms with E-state index < -0.39 is 0 Å². The van der Waals surface area contributed by atoms with Gasteiger partial charge in [-0.15, -0.1) is 0 Å². The third-order valence-corrected chi connectivity index (χ3v) is 7.00. The summed E-state index contributed by atoms with van der Waals surface area (Å²) in [5, 5.41) is 3.20. The van der Waals surface area contributed by atoms with E-state index in [1.54, 1.807) is 0 Å². The normalized spacial score (nSPS) is 15.7. The molecule has 0 radical (unpaired) electrons. The summed E-state index contributed by atoms with van der Waals surface area (Å²) in [5.74, 6) is -0.265. The minimum Gasteiger partial charge on any atom is -0.355 e. The van der Waals surface area contributed by atoms with Gasteiger partial charge < -0.3 is 10.2 Å². The second-order valence-corrected chi connectivity index (χ2v) is 8.70. The van der Waals surface area contributed by atoms with E-state index in [9.17, 15) is 13.6 Å². The number of carbonyl (C=O) groups is 1. The maximum absolute atomic E-state index is 13.3. The van der Waals surface area contributed by atoms with Crippen LogP contribution in [0.2, 0.25) is 0 Å². The van der Waals surface area contributed by atoms with Gasteiger partial charge in [0.1, 0.15) is 11.6 Å².